The minimum Gasteiger partial charge on any atom is -0.491 e. The lowest BCUT2D eigenvalue weighted by molar-refractivity contribution is 0.201. The molecule has 3 aromatic rings. The van der Waals surface area contributed by atoms with Gasteiger partial charge in [0.05, 0.1) is 13.2 Å². The summed E-state index contributed by atoms with van der Waals surface area (Å²) in [5, 5.41) is 17.9. The maximum atomic E-state index is 8.94. The van der Waals surface area contributed by atoms with Crippen LogP contribution in [0.2, 0.25) is 0 Å². The SMILES string of the molecule is CC(C)(c1ccc(OCCO)cc1)c1cccc(C(C)(C)c2ccc(OCCO)cc2)c1. The topological polar surface area (TPSA) is 58.9 Å². The summed E-state index contributed by atoms with van der Waals surface area (Å²) in [4.78, 5) is 0. The third-order valence-corrected chi connectivity index (χ3v) is 6.18. The summed E-state index contributed by atoms with van der Waals surface area (Å²) in [6.07, 6.45) is 0. The van der Waals surface area contributed by atoms with Crippen molar-refractivity contribution in [3.63, 3.8) is 0 Å². The minimum absolute atomic E-state index is 0.00817. The van der Waals surface area contributed by atoms with E-state index >= 15 is 0 Å². The van der Waals surface area contributed by atoms with E-state index in [1.165, 1.54) is 22.3 Å². The highest BCUT2D eigenvalue weighted by molar-refractivity contribution is 5.46. The Balaban J connectivity index is 1.86. The Labute approximate surface area is 191 Å². The number of rotatable bonds is 10. The van der Waals surface area contributed by atoms with Crippen LogP contribution in [0.1, 0.15) is 49.9 Å². The fourth-order valence-electron chi connectivity index (χ4n) is 3.89. The second-order valence-electron chi connectivity index (χ2n) is 9.02. The van der Waals surface area contributed by atoms with E-state index in [-0.39, 0.29) is 24.0 Å². The lowest BCUT2D eigenvalue weighted by atomic mass is 9.73. The van der Waals surface area contributed by atoms with Crippen LogP contribution in [-0.4, -0.2) is 36.6 Å². The van der Waals surface area contributed by atoms with Crippen molar-refractivity contribution in [3.05, 3.63) is 95.1 Å². The first-order valence-corrected chi connectivity index (χ1v) is 11.1. The summed E-state index contributed by atoms with van der Waals surface area (Å²) >= 11 is 0. The molecule has 0 saturated heterocycles. The second-order valence-corrected chi connectivity index (χ2v) is 9.02. The van der Waals surface area contributed by atoms with Gasteiger partial charge in [0, 0.05) is 10.8 Å². The molecule has 0 amide bonds. The molecule has 0 fully saturated rings. The first-order chi connectivity index (χ1) is 15.3. The van der Waals surface area contributed by atoms with Crippen LogP contribution in [-0.2, 0) is 10.8 Å². The third-order valence-electron chi connectivity index (χ3n) is 6.18. The van der Waals surface area contributed by atoms with Gasteiger partial charge in [0.1, 0.15) is 24.7 Å². The monoisotopic (exact) mass is 434 g/mol. The van der Waals surface area contributed by atoms with Crippen LogP contribution in [0.5, 0.6) is 11.5 Å². The Kier molecular flexibility index (Phi) is 7.60. The van der Waals surface area contributed by atoms with Crippen LogP contribution in [0.3, 0.4) is 0 Å². The van der Waals surface area contributed by atoms with Crippen LogP contribution in [0.15, 0.2) is 72.8 Å². The van der Waals surface area contributed by atoms with Crippen molar-refractivity contribution in [3.8, 4) is 11.5 Å². The van der Waals surface area contributed by atoms with Gasteiger partial charge in [-0.25, -0.2) is 0 Å². The zero-order valence-corrected chi connectivity index (χ0v) is 19.5. The predicted octanol–water partition coefficient (Wildman–Crippen LogP) is 5.08. The maximum absolute atomic E-state index is 8.94. The van der Waals surface area contributed by atoms with E-state index in [4.69, 9.17) is 19.7 Å². The highest BCUT2D eigenvalue weighted by Gasteiger charge is 2.27. The number of aliphatic hydroxyl groups is 2. The van der Waals surface area contributed by atoms with Crippen molar-refractivity contribution in [2.24, 2.45) is 0 Å². The zero-order valence-electron chi connectivity index (χ0n) is 19.5. The highest BCUT2D eigenvalue weighted by Crippen LogP contribution is 2.37. The number of hydrogen-bond acceptors (Lipinski definition) is 4. The second kappa shape index (κ2) is 10.2. The molecule has 0 aromatic heterocycles. The molecule has 170 valence electrons. The van der Waals surface area contributed by atoms with Gasteiger partial charge in [0.15, 0.2) is 0 Å². The molecule has 0 saturated carbocycles. The molecule has 0 aliphatic rings. The number of benzene rings is 3. The van der Waals surface area contributed by atoms with Gasteiger partial charge in [-0.15, -0.1) is 0 Å². The summed E-state index contributed by atoms with van der Waals surface area (Å²) in [6.45, 7) is 9.54. The average Bonchev–Trinajstić information content (AvgIpc) is 2.82. The molecule has 0 aliphatic carbocycles. The Morgan fingerprint density at radius 2 is 0.938 bits per heavy atom. The lowest BCUT2D eigenvalue weighted by Crippen LogP contribution is -2.23. The smallest absolute Gasteiger partial charge is 0.119 e. The summed E-state index contributed by atoms with van der Waals surface area (Å²) < 4.78 is 11.0. The van der Waals surface area contributed by atoms with Crippen LogP contribution < -0.4 is 9.47 Å². The Hall–Kier alpha value is -2.82. The number of hydrogen-bond donors (Lipinski definition) is 2. The van der Waals surface area contributed by atoms with Gasteiger partial charge in [-0.1, -0.05) is 76.2 Å². The number of aliphatic hydroxyl groups excluding tert-OH is 2. The van der Waals surface area contributed by atoms with Gasteiger partial charge >= 0.3 is 0 Å². The predicted molar refractivity (Wildman–Crippen MR) is 129 cm³/mol. The van der Waals surface area contributed by atoms with Crippen molar-refractivity contribution in [1.82, 2.24) is 0 Å². The fraction of sp³-hybridized carbons (Fsp3) is 0.357. The van der Waals surface area contributed by atoms with Crippen molar-refractivity contribution in [2.45, 2.75) is 38.5 Å². The van der Waals surface area contributed by atoms with Gasteiger partial charge in [0.25, 0.3) is 0 Å². The molecule has 3 aromatic carbocycles. The zero-order chi connectivity index (χ0) is 23.2. The quantitative estimate of drug-likeness (QED) is 0.467. The molecule has 0 radical (unpaired) electrons. The van der Waals surface area contributed by atoms with Gasteiger partial charge in [-0.3, -0.25) is 0 Å². The standard InChI is InChI=1S/C28H34O4/c1-27(2,21-8-12-25(13-9-21)31-18-16-29)23-6-5-7-24(20-23)28(3,4)22-10-14-26(15-11-22)32-19-17-30/h5-15,20,29-30H,16-19H2,1-4H3. The van der Waals surface area contributed by atoms with Crippen molar-refractivity contribution in [1.29, 1.82) is 0 Å². The van der Waals surface area contributed by atoms with Crippen molar-refractivity contribution < 1.29 is 19.7 Å². The van der Waals surface area contributed by atoms with Gasteiger partial charge in [-0.05, 0) is 46.5 Å². The minimum atomic E-state index is -0.177. The van der Waals surface area contributed by atoms with E-state index in [0.717, 1.165) is 11.5 Å². The summed E-state index contributed by atoms with van der Waals surface area (Å²) in [5.74, 6) is 1.53. The van der Waals surface area contributed by atoms with Crippen LogP contribution in [0.4, 0.5) is 0 Å². The Morgan fingerprint density at radius 1 is 0.562 bits per heavy atom. The molecule has 2 N–H and O–H groups in total. The normalized spacial score (nSPS) is 11.9. The molecule has 4 nitrogen and oxygen atoms in total. The molecule has 0 bridgehead atoms. The van der Waals surface area contributed by atoms with Gasteiger partial charge in [0.2, 0.25) is 0 Å². The molecular weight excluding hydrogens is 400 g/mol. The summed E-state index contributed by atoms with van der Waals surface area (Å²) in [6, 6.07) is 25.0. The Bertz CT molecular complexity index is 910. The van der Waals surface area contributed by atoms with Crippen molar-refractivity contribution in [2.75, 3.05) is 26.4 Å². The first kappa shape index (κ1) is 23.8. The van der Waals surface area contributed by atoms with Gasteiger partial charge < -0.3 is 19.7 Å². The molecule has 0 heterocycles. The molecule has 0 unspecified atom stereocenters. The van der Waals surface area contributed by atoms with Crippen LogP contribution >= 0.6 is 0 Å². The molecule has 0 aliphatic heterocycles. The van der Waals surface area contributed by atoms with E-state index in [0.29, 0.717) is 13.2 Å². The first-order valence-electron chi connectivity index (χ1n) is 11.1. The Morgan fingerprint density at radius 3 is 1.28 bits per heavy atom. The average molecular weight is 435 g/mol. The third kappa shape index (κ3) is 5.32. The molecular formula is C28H34O4. The maximum Gasteiger partial charge on any atom is 0.119 e. The summed E-state index contributed by atoms with van der Waals surface area (Å²) in [5.41, 5.74) is 4.54. The van der Waals surface area contributed by atoms with E-state index < -0.39 is 0 Å². The van der Waals surface area contributed by atoms with Gasteiger partial charge in [-0.2, -0.15) is 0 Å². The largest absolute Gasteiger partial charge is 0.491 e. The lowest BCUT2D eigenvalue weighted by Gasteiger charge is -2.31. The van der Waals surface area contributed by atoms with E-state index in [2.05, 4.69) is 76.2 Å². The van der Waals surface area contributed by atoms with E-state index in [9.17, 15) is 0 Å². The molecule has 3 rings (SSSR count). The van der Waals surface area contributed by atoms with Crippen molar-refractivity contribution >= 4 is 0 Å². The number of ether oxygens (including phenoxy) is 2. The fourth-order valence-corrected chi connectivity index (χ4v) is 3.89. The van der Waals surface area contributed by atoms with Crippen LogP contribution in [0, 0.1) is 0 Å². The molecule has 4 heteroatoms. The molecule has 0 spiro atoms. The van der Waals surface area contributed by atoms with Crippen LogP contribution in [0.25, 0.3) is 0 Å². The van der Waals surface area contributed by atoms with E-state index in [1.807, 2.05) is 24.3 Å². The van der Waals surface area contributed by atoms with E-state index in [1.54, 1.807) is 0 Å². The molecule has 32 heavy (non-hydrogen) atoms. The molecule has 0 atom stereocenters. The highest BCUT2D eigenvalue weighted by atomic mass is 16.5. The summed E-state index contributed by atoms with van der Waals surface area (Å²) in [7, 11) is 0.